The number of hydrogen-bond donors (Lipinski definition) is 2. The van der Waals surface area contributed by atoms with Crippen LogP contribution in [-0.4, -0.2) is 88.2 Å². The summed E-state index contributed by atoms with van der Waals surface area (Å²) in [7, 11) is 0. The van der Waals surface area contributed by atoms with Crippen molar-refractivity contribution in [2.45, 2.75) is 112 Å². The molecule has 2 unspecified atom stereocenters. The fraction of sp³-hybridized carbons (Fsp3) is 0.524. The Morgan fingerprint density at radius 3 is 1.47 bits per heavy atom. The van der Waals surface area contributed by atoms with Gasteiger partial charge in [0.2, 0.25) is 48.2 Å². The lowest BCUT2D eigenvalue weighted by atomic mass is 9.86. The first-order chi connectivity index (χ1) is 28.4. The second-order valence-electron chi connectivity index (χ2n) is 15.6. The molecule has 4 fully saturated rings. The van der Waals surface area contributed by atoms with Crippen molar-refractivity contribution in [1.29, 1.82) is 0 Å². The van der Waals surface area contributed by atoms with Crippen LogP contribution in [0.25, 0.3) is 0 Å². The number of fused-ring (bicyclic) bond motifs is 2. The maximum atomic E-state index is 14.4. The predicted octanol–water partition coefficient (Wildman–Crippen LogP) is 5.65. The summed E-state index contributed by atoms with van der Waals surface area (Å²) in [5.41, 5.74) is 1.99. The van der Waals surface area contributed by atoms with Crippen LogP contribution < -0.4 is 10.6 Å². The first-order valence-corrected chi connectivity index (χ1v) is 22.6. The van der Waals surface area contributed by atoms with E-state index in [4.69, 9.17) is 8.83 Å². The molecule has 4 aliphatic heterocycles. The molecular formula is C42H50N8O6S2. The average Bonchev–Trinajstić information content (AvgIpc) is 3.95. The molecule has 0 radical (unpaired) electrons. The standard InChI is InChI=1S/C42H50N8O6S2/c51-37(45-31-19-21-57-35-15-7-13-33(49(35)41(31)53)39-47-43-25-55-39)29(23-27-9-3-1-4-10-27)17-18-30(24-28-11-5-2-6-12-28)38(52)46-32-20-22-58-36-16-8-14-34(50(36)42(32)54)40-48-44-26-56-40/h1-6,9-12,25-26,29-36H,7-8,13-24H2,(H,45,51)(H,46,52)/t29?,30?,31-,32-,33-,34-,35-,36-/m0/s1. The zero-order valence-corrected chi connectivity index (χ0v) is 34.0. The van der Waals surface area contributed by atoms with E-state index in [1.165, 1.54) is 12.8 Å². The van der Waals surface area contributed by atoms with Crippen molar-refractivity contribution in [2.75, 3.05) is 11.5 Å². The van der Waals surface area contributed by atoms with Crippen molar-refractivity contribution in [3.63, 3.8) is 0 Å². The molecule has 2 aromatic carbocycles. The van der Waals surface area contributed by atoms with E-state index in [1.54, 1.807) is 23.5 Å². The Balaban J connectivity index is 0.998. The fourth-order valence-electron chi connectivity index (χ4n) is 8.94. The van der Waals surface area contributed by atoms with E-state index in [9.17, 15) is 19.2 Å². The number of benzene rings is 2. The highest BCUT2D eigenvalue weighted by Gasteiger charge is 2.45. The Bertz CT molecular complexity index is 1830. The van der Waals surface area contributed by atoms with Crippen molar-refractivity contribution in [2.24, 2.45) is 11.8 Å². The number of nitrogens with zero attached hydrogens (tertiary/aromatic N) is 6. The summed E-state index contributed by atoms with van der Waals surface area (Å²) < 4.78 is 11.2. The highest BCUT2D eigenvalue weighted by atomic mass is 32.2. The molecule has 8 rings (SSSR count). The molecule has 14 nitrogen and oxygen atoms in total. The number of carbonyl (C=O) groups excluding carboxylic acids is 4. The third kappa shape index (κ3) is 9.27. The lowest BCUT2D eigenvalue weighted by Crippen LogP contribution is -2.53. The third-order valence-electron chi connectivity index (χ3n) is 11.9. The average molecular weight is 827 g/mol. The molecule has 0 bridgehead atoms. The summed E-state index contributed by atoms with van der Waals surface area (Å²) in [6, 6.07) is 17.6. The Hall–Kier alpha value is -4.70. The van der Waals surface area contributed by atoms with Crippen molar-refractivity contribution < 1.29 is 28.0 Å². The Kier molecular flexibility index (Phi) is 13.1. The third-order valence-corrected chi connectivity index (χ3v) is 14.5. The number of hydrogen-bond acceptors (Lipinski definition) is 12. The van der Waals surface area contributed by atoms with Crippen molar-refractivity contribution in [1.82, 2.24) is 40.8 Å². The van der Waals surface area contributed by atoms with Crippen LogP contribution in [0.5, 0.6) is 0 Å². The number of rotatable bonds is 13. The summed E-state index contributed by atoms with van der Waals surface area (Å²) in [5.74, 6) is 0.577. The molecule has 2 aromatic heterocycles. The molecule has 0 saturated carbocycles. The number of carbonyl (C=O) groups is 4. The maximum Gasteiger partial charge on any atom is 0.246 e. The Labute approximate surface area is 346 Å². The second kappa shape index (κ2) is 18.9. The number of amides is 4. The van der Waals surface area contributed by atoms with E-state index < -0.39 is 23.9 Å². The van der Waals surface area contributed by atoms with Crippen molar-refractivity contribution >= 4 is 47.2 Å². The van der Waals surface area contributed by atoms with E-state index in [1.807, 2.05) is 70.5 Å². The SMILES string of the molecule is O=C(N[C@H]1CCS[C@H]2CCC[C@@H](c3nnco3)N2C1=O)C(CCC(Cc1ccccc1)C(=O)N[C@H]1CCS[C@H]2CCC[C@@H](c3nnco3)N2C1=O)Cc1ccccc1. The van der Waals surface area contributed by atoms with Crippen LogP contribution in [0, 0.1) is 11.8 Å². The summed E-state index contributed by atoms with van der Waals surface area (Å²) in [5, 5.41) is 22.3. The van der Waals surface area contributed by atoms with Gasteiger partial charge in [0, 0.05) is 11.8 Å². The molecule has 4 aromatic rings. The smallest absolute Gasteiger partial charge is 0.246 e. The summed E-state index contributed by atoms with van der Waals surface area (Å²) >= 11 is 3.47. The van der Waals surface area contributed by atoms with Crippen LogP contribution in [0.2, 0.25) is 0 Å². The first kappa shape index (κ1) is 40.1. The van der Waals surface area contributed by atoms with Gasteiger partial charge < -0.3 is 29.3 Å². The minimum absolute atomic E-state index is 0.0261. The second-order valence-corrected chi connectivity index (χ2v) is 18.2. The van der Waals surface area contributed by atoms with E-state index in [-0.39, 0.29) is 46.5 Å². The van der Waals surface area contributed by atoms with Crippen molar-refractivity contribution in [3.05, 3.63) is 96.4 Å². The van der Waals surface area contributed by atoms with Gasteiger partial charge in [-0.25, -0.2) is 0 Å². The highest BCUT2D eigenvalue weighted by Crippen LogP contribution is 2.42. The molecule has 8 atom stereocenters. The topological polar surface area (TPSA) is 177 Å². The van der Waals surface area contributed by atoms with E-state index in [0.29, 0.717) is 50.3 Å². The monoisotopic (exact) mass is 826 g/mol. The van der Waals surface area contributed by atoms with Gasteiger partial charge in [-0.3, -0.25) is 19.2 Å². The number of nitrogens with one attached hydrogen (secondary N) is 2. The molecule has 306 valence electrons. The largest absolute Gasteiger partial charge is 0.426 e. The molecule has 4 saturated heterocycles. The van der Waals surface area contributed by atoms with Gasteiger partial charge in [-0.15, -0.1) is 43.9 Å². The molecular weight excluding hydrogens is 777 g/mol. The van der Waals surface area contributed by atoms with Crippen molar-refractivity contribution in [3.8, 4) is 0 Å². The molecule has 58 heavy (non-hydrogen) atoms. The molecule has 16 heteroatoms. The fourth-order valence-corrected chi connectivity index (χ4v) is 11.7. The number of piperidine rings is 2. The summed E-state index contributed by atoms with van der Waals surface area (Å²) in [4.78, 5) is 61.2. The number of thioether (sulfide) groups is 2. The summed E-state index contributed by atoms with van der Waals surface area (Å²) in [6.45, 7) is 0. The molecule has 2 N–H and O–H groups in total. The molecule has 6 heterocycles. The van der Waals surface area contributed by atoms with Gasteiger partial charge >= 0.3 is 0 Å². The van der Waals surface area contributed by atoms with Gasteiger partial charge in [0.05, 0.1) is 10.7 Å². The van der Waals surface area contributed by atoms with E-state index in [2.05, 4.69) is 31.0 Å². The quantitative estimate of drug-likeness (QED) is 0.170. The zero-order chi connectivity index (χ0) is 39.8. The molecule has 0 aliphatic carbocycles. The van der Waals surface area contributed by atoms with Crippen LogP contribution >= 0.6 is 23.5 Å². The Morgan fingerprint density at radius 1 is 0.638 bits per heavy atom. The first-order valence-electron chi connectivity index (χ1n) is 20.5. The minimum Gasteiger partial charge on any atom is -0.426 e. The van der Waals surface area contributed by atoms with Crippen LogP contribution in [0.3, 0.4) is 0 Å². The van der Waals surface area contributed by atoms with Gasteiger partial charge in [-0.05, 0) is 99.7 Å². The Morgan fingerprint density at radius 2 is 1.07 bits per heavy atom. The van der Waals surface area contributed by atoms with Gasteiger partial charge in [-0.2, -0.15) is 0 Å². The summed E-state index contributed by atoms with van der Waals surface area (Å²) in [6.07, 6.45) is 10.4. The highest BCUT2D eigenvalue weighted by molar-refractivity contribution is 8.00. The van der Waals surface area contributed by atoms with E-state index >= 15 is 0 Å². The van der Waals surface area contributed by atoms with Crippen LogP contribution in [0.1, 0.15) is 99.2 Å². The molecule has 4 aliphatic rings. The zero-order valence-electron chi connectivity index (χ0n) is 32.4. The molecule has 0 spiro atoms. The maximum absolute atomic E-state index is 14.4. The normalized spacial score (nSPS) is 26.1. The van der Waals surface area contributed by atoms with Crippen LogP contribution in [0.15, 0.2) is 82.3 Å². The molecule has 4 amide bonds. The van der Waals surface area contributed by atoms with Crippen LogP contribution in [-0.2, 0) is 32.0 Å². The van der Waals surface area contributed by atoms with Gasteiger partial charge in [0.15, 0.2) is 0 Å². The van der Waals surface area contributed by atoms with Gasteiger partial charge in [-0.1, -0.05) is 60.7 Å². The van der Waals surface area contributed by atoms with Gasteiger partial charge in [0.1, 0.15) is 24.2 Å². The predicted molar refractivity (Wildman–Crippen MR) is 218 cm³/mol. The van der Waals surface area contributed by atoms with E-state index in [0.717, 1.165) is 61.2 Å². The lowest BCUT2D eigenvalue weighted by molar-refractivity contribution is -0.142. The minimum atomic E-state index is -0.705. The van der Waals surface area contributed by atoms with Crippen LogP contribution in [0.4, 0.5) is 0 Å². The van der Waals surface area contributed by atoms with Gasteiger partial charge in [0.25, 0.3) is 0 Å². The lowest BCUT2D eigenvalue weighted by Gasteiger charge is -2.40. The number of aromatic nitrogens is 4.